The number of carbonyl (C=O) groups is 4. The number of nitrogens with zero attached hydrogens (tertiary/aromatic N) is 3. The van der Waals surface area contributed by atoms with Crippen molar-refractivity contribution in [1.82, 2.24) is 14.9 Å². The van der Waals surface area contributed by atoms with Crippen molar-refractivity contribution in [3.63, 3.8) is 0 Å². The van der Waals surface area contributed by atoms with Gasteiger partial charge in [0, 0.05) is 28.2 Å². The third-order valence-electron chi connectivity index (χ3n) is 6.05. The van der Waals surface area contributed by atoms with Crippen molar-refractivity contribution in [2.24, 2.45) is 5.92 Å². The zero-order valence-corrected chi connectivity index (χ0v) is 21.9. The van der Waals surface area contributed by atoms with Crippen LogP contribution in [0, 0.1) is 5.92 Å². The summed E-state index contributed by atoms with van der Waals surface area (Å²) in [5, 5.41) is 1.30. The second-order valence-electron chi connectivity index (χ2n) is 10.3. The van der Waals surface area contributed by atoms with Crippen LogP contribution in [-0.2, 0) is 24.0 Å². The van der Waals surface area contributed by atoms with E-state index in [4.69, 9.17) is 9.57 Å². The summed E-state index contributed by atoms with van der Waals surface area (Å²) in [4.78, 5) is 60.2. The van der Waals surface area contributed by atoms with Gasteiger partial charge in [0.05, 0.1) is 12.0 Å². The van der Waals surface area contributed by atoms with Crippen LogP contribution < -0.4 is 0 Å². The summed E-state index contributed by atoms with van der Waals surface area (Å²) in [7, 11) is 6.22. The summed E-state index contributed by atoms with van der Waals surface area (Å²) in [6.07, 6.45) is 3.26. The quantitative estimate of drug-likeness (QED) is 0.389. The van der Waals surface area contributed by atoms with Gasteiger partial charge in [-0.05, 0) is 51.7 Å². The van der Waals surface area contributed by atoms with Crippen LogP contribution in [0.2, 0.25) is 0 Å². The Hall–Kier alpha value is -2.94. The van der Waals surface area contributed by atoms with Crippen LogP contribution in [0.15, 0.2) is 30.3 Å². The standard InChI is InChI=1S/C26H39N3O6/c1-26(2,3)34-21(30)17-20(23(31)27(4)5)28(6)24(32)22(18-13-11-12-14-18)29(7)35-25(33)19-15-9-8-10-16-19/h8-10,15-16,18,20,22H,11-14,17H2,1-7H3/t20-,22-/m0/s1. The minimum Gasteiger partial charge on any atom is -0.460 e. The summed E-state index contributed by atoms with van der Waals surface area (Å²) < 4.78 is 5.41. The molecule has 0 unspecified atom stereocenters. The molecule has 0 aromatic heterocycles. The van der Waals surface area contributed by atoms with E-state index in [1.165, 1.54) is 21.9 Å². The fourth-order valence-corrected chi connectivity index (χ4v) is 4.33. The van der Waals surface area contributed by atoms with Crippen molar-refractivity contribution >= 4 is 23.8 Å². The van der Waals surface area contributed by atoms with E-state index in [2.05, 4.69) is 0 Å². The van der Waals surface area contributed by atoms with Crippen LogP contribution in [0.5, 0.6) is 0 Å². The Bertz CT molecular complexity index is 890. The summed E-state index contributed by atoms with van der Waals surface area (Å²) in [6.45, 7) is 5.23. The lowest BCUT2D eigenvalue weighted by Gasteiger charge is -2.36. The van der Waals surface area contributed by atoms with Crippen molar-refractivity contribution in [3.8, 4) is 0 Å². The highest BCUT2D eigenvalue weighted by Crippen LogP contribution is 2.32. The first-order valence-electron chi connectivity index (χ1n) is 12.0. The van der Waals surface area contributed by atoms with Crippen LogP contribution in [0.1, 0.15) is 63.2 Å². The molecule has 2 rings (SSSR count). The Morgan fingerprint density at radius 2 is 1.51 bits per heavy atom. The Kier molecular flexibility index (Phi) is 9.82. The topological polar surface area (TPSA) is 96.5 Å². The maximum Gasteiger partial charge on any atom is 0.357 e. The normalized spacial score (nSPS) is 15.9. The van der Waals surface area contributed by atoms with Gasteiger partial charge in [-0.2, -0.15) is 0 Å². The SMILES string of the molecule is CN(C)C(=O)[C@H](CC(=O)OC(C)(C)C)N(C)C(=O)[C@H](C1CCCC1)N(C)OC(=O)c1ccccc1. The smallest absolute Gasteiger partial charge is 0.357 e. The van der Waals surface area contributed by atoms with E-state index in [0.29, 0.717) is 5.56 Å². The van der Waals surface area contributed by atoms with Gasteiger partial charge in [-0.25, -0.2) is 4.79 Å². The van der Waals surface area contributed by atoms with E-state index in [1.807, 2.05) is 0 Å². The van der Waals surface area contributed by atoms with Crippen molar-refractivity contribution in [3.05, 3.63) is 35.9 Å². The maximum absolute atomic E-state index is 13.8. The van der Waals surface area contributed by atoms with Crippen molar-refractivity contribution < 1.29 is 28.8 Å². The van der Waals surface area contributed by atoms with Gasteiger partial charge in [-0.3, -0.25) is 14.4 Å². The number of carbonyl (C=O) groups excluding carboxylic acids is 4. The van der Waals surface area contributed by atoms with E-state index in [-0.39, 0.29) is 24.2 Å². The van der Waals surface area contributed by atoms with Crippen LogP contribution in [0.25, 0.3) is 0 Å². The van der Waals surface area contributed by atoms with E-state index in [9.17, 15) is 19.2 Å². The fourth-order valence-electron chi connectivity index (χ4n) is 4.33. The number of hydroxylamine groups is 2. The molecule has 1 aliphatic rings. The van der Waals surface area contributed by atoms with Gasteiger partial charge in [0.15, 0.2) is 0 Å². The molecule has 1 aromatic rings. The molecule has 9 heteroatoms. The molecule has 194 valence electrons. The average molecular weight is 490 g/mol. The average Bonchev–Trinajstić information content (AvgIpc) is 3.30. The summed E-state index contributed by atoms with van der Waals surface area (Å²) in [5.74, 6) is -1.96. The Labute approximate surface area is 208 Å². The Balaban J connectivity index is 2.28. The van der Waals surface area contributed by atoms with Crippen LogP contribution in [0.4, 0.5) is 0 Å². The van der Waals surface area contributed by atoms with Gasteiger partial charge in [-0.15, -0.1) is 5.06 Å². The molecule has 1 saturated carbocycles. The Morgan fingerprint density at radius 3 is 2.03 bits per heavy atom. The number of hydrogen-bond acceptors (Lipinski definition) is 7. The van der Waals surface area contributed by atoms with Gasteiger partial charge in [0.25, 0.3) is 0 Å². The predicted octanol–water partition coefficient (Wildman–Crippen LogP) is 2.90. The van der Waals surface area contributed by atoms with E-state index in [1.54, 1.807) is 72.2 Å². The number of likely N-dealkylation sites (N-methyl/N-ethyl adjacent to an activating group) is 3. The second kappa shape index (κ2) is 12.2. The summed E-state index contributed by atoms with van der Waals surface area (Å²) in [5.41, 5.74) is -0.347. The molecule has 1 fully saturated rings. The number of ether oxygens (including phenoxy) is 1. The lowest BCUT2D eigenvalue weighted by molar-refractivity contribution is -0.170. The molecule has 0 saturated heterocycles. The lowest BCUT2D eigenvalue weighted by Crippen LogP contribution is -2.56. The largest absolute Gasteiger partial charge is 0.460 e. The van der Waals surface area contributed by atoms with Crippen LogP contribution >= 0.6 is 0 Å². The highest BCUT2D eigenvalue weighted by Gasteiger charge is 2.41. The molecule has 9 nitrogen and oxygen atoms in total. The van der Waals surface area contributed by atoms with E-state index < -0.39 is 29.6 Å². The third-order valence-corrected chi connectivity index (χ3v) is 6.05. The van der Waals surface area contributed by atoms with Gasteiger partial charge in [0.2, 0.25) is 11.8 Å². The molecule has 2 atom stereocenters. The maximum atomic E-state index is 13.8. The van der Waals surface area contributed by atoms with Crippen molar-refractivity contribution in [2.75, 3.05) is 28.2 Å². The van der Waals surface area contributed by atoms with Gasteiger partial charge in [0.1, 0.15) is 17.7 Å². The third kappa shape index (κ3) is 8.06. The molecule has 1 aromatic carbocycles. The molecule has 0 aliphatic heterocycles. The molecule has 0 N–H and O–H groups in total. The molecule has 2 amide bonds. The molecular formula is C26H39N3O6. The zero-order chi connectivity index (χ0) is 26.3. The molecule has 0 radical (unpaired) electrons. The number of amides is 2. The molecule has 0 spiro atoms. The highest BCUT2D eigenvalue weighted by atomic mass is 16.7. The summed E-state index contributed by atoms with van der Waals surface area (Å²) in [6, 6.07) is 6.71. The minimum atomic E-state index is -1.05. The number of hydrogen-bond donors (Lipinski definition) is 0. The minimum absolute atomic E-state index is 0.0461. The number of rotatable bonds is 9. The molecule has 0 heterocycles. The van der Waals surface area contributed by atoms with Crippen LogP contribution in [-0.4, -0.2) is 84.5 Å². The van der Waals surface area contributed by atoms with Gasteiger partial charge in [-0.1, -0.05) is 31.0 Å². The summed E-state index contributed by atoms with van der Waals surface area (Å²) >= 11 is 0. The first-order valence-corrected chi connectivity index (χ1v) is 12.0. The monoisotopic (exact) mass is 489 g/mol. The molecule has 1 aliphatic carbocycles. The van der Waals surface area contributed by atoms with Gasteiger partial charge < -0.3 is 19.4 Å². The van der Waals surface area contributed by atoms with Crippen molar-refractivity contribution in [1.29, 1.82) is 0 Å². The first-order chi connectivity index (χ1) is 16.3. The fraction of sp³-hybridized carbons (Fsp3) is 0.615. The lowest BCUT2D eigenvalue weighted by atomic mass is 9.96. The zero-order valence-electron chi connectivity index (χ0n) is 21.9. The first kappa shape index (κ1) is 28.3. The predicted molar refractivity (Wildman–Crippen MR) is 131 cm³/mol. The number of benzene rings is 1. The van der Waals surface area contributed by atoms with Gasteiger partial charge >= 0.3 is 11.9 Å². The van der Waals surface area contributed by atoms with E-state index >= 15 is 0 Å². The molecular weight excluding hydrogens is 450 g/mol. The molecule has 35 heavy (non-hydrogen) atoms. The van der Waals surface area contributed by atoms with Crippen molar-refractivity contribution in [2.45, 2.75) is 70.6 Å². The van der Waals surface area contributed by atoms with Crippen LogP contribution in [0.3, 0.4) is 0 Å². The number of esters is 1. The molecule has 0 bridgehead atoms. The Morgan fingerprint density at radius 1 is 0.943 bits per heavy atom. The highest BCUT2D eigenvalue weighted by molar-refractivity contribution is 5.93. The van der Waals surface area contributed by atoms with E-state index in [0.717, 1.165) is 25.7 Å². The second-order valence-corrected chi connectivity index (χ2v) is 10.3.